The lowest BCUT2D eigenvalue weighted by molar-refractivity contribution is -0.119. The van der Waals surface area contributed by atoms with Crippen LogP contribution in [0.5, 0.6) is 0 Å². The predicted octanol–water partition coefficient (Wildman–Crippen LogP) is 5.04. The van der Waals surface area contributed by atoms with E-state index < -0.39 is 18.5 Å². The number of methoxy groups -OCH3 is 1. The first-order valence-corrected chi connectivity index (χ1v) is 9.77. The van der Waals surface area contributed by atoms with Gasteiger partial charge in [-0.05, 0) is 29.3 Å². The molecule has 0 aliphatic rings. The molecular formula is C25H21NO5. The normalized spacial score (nSPS) is 10.7. The maximum absolute atomic E-state index is 12.5. The van der Waals surface area contributed by atoms with Gasteiger partial charge in [0.05, 0.1) is 6.61 Å². The standard InChI is InChI=1S/C25H21NO5/c1-29-15-21-20-9-5-6-10-22(20)31-24(21)25(28)30-16-23(27)26-19-13-11-18(12-14-19)17-7-3-2-4-8-17/h2-14H,15-16H2,1H3,(H,26,27). The van der Waals surface area contributed by atoms with Crippen LogP contribution in [0.2, 0.25) is 0 Å². The minimum Gasteiger partial charge on any atom is -0.450 e. The molecule has 31 heavy (non-hydrogen) atoms. The third kappa shape index (κ3) is 4.65. The highest BCUT2D eigenvalue weighted by Crippen LogP contribution is 2.27. The Morgan fingerprint density at radius 1 is 0.871 bits per heavy atom. The first-order chi connectivity index (χ1) is 15.2. The number of nitrogens with one attached hydrogen (secondary N) is 1. The van der Waals surface area contributed by atoms with E-state index in [0.29, 0.717) is 16.8 Å². The molecule has 0 atom stereocenters. The van der Waals surface area contributed by atoms with Crippen LogP contribution in [0, 0.1) is 0 Å². The van der Waals surface area contributed by atoms with Gasteiger partial charge >= 0.3 is 5.97 Å². The Bertz CT molecular complexity index is 1200. The van der Waals surface area contributed by atoms with E-state index in [-0.39, 0.29) is 12.4 Å². The van der Waals surface area contributed by atoms with Gasteiger partial charge in [-0.15, -0.1) is 0 Å². The second-order valence-electron chi connectivity index (χ2n) is 6.91. The fourth-order valence-corrected chi connectivity index (χ4v) is 3.32. The van der Waals surface area contributed by atoms with E-state index in [1.807, 2.05) is 60.7 Å². The number of fused-ring (bicyclic) bond motifs is 1. The topological polar surface area (TPSA) is 77.8 Å². The summed E-state index contributed by atoms with van der Waals surface area (Å²) in [4.78, 5) is 24.8. The Balaban J connectivity index is 1.38. The van der Waals surface area contributed by atoms with Crippen LogP contribution in [0.1, 0.15) is 16.1 Å². The molecule has 6 nitrogen and oxygen atoms in total. The van der Waals surface area contributed by atoms with Crippen molar-refractivity contribution < 1.29 is 23.5 Å². The summed E-state index contributed by atoms with van der Waals surface area (Å²) >= 11 is 0. The number of hydrogen-bond donors (Lipinski definition) is 1. The number of hydrogen-bond acceptors (Lipinski definition) is 5. The van der Waals surface area contributed by atoms with Crippen LogP contribution in [0.4, 0.5) is 5.69 Å². The molecule has 0 aliphatic heterocycles. The van der Waals surface area contributed by atoms with Crippen LogP contribution in [0.15, 0.2) is 83.3 Å². The Hall–Kier alpha value is -3.90. The van der Waals surface area contributed by atoms with Gasteiger partial charge in [-0.25, -0.2) is 4.79 Å². The molecule has 156 valence electrons. The number of carbonyl (C=O) groups is 2. The molecule has 0 spiro atoms. The summed E-state index contributed by atoms with van der Waals surface area (Å²) in [6.45, 7) is -0.232. The average molecular weight is 415 g/mol. The number of ether oxygens (including phenoxy) is 2. The van der Waals surface area contributed by atoms with Gasteiger partial charge in [-0.1, -0.05) is 60.7 Å². The van der Waals surface area contributed by atoms with E-state index in [4.69, 9.17) is 13.9 Å². The van der Waals surface area contributed by atoms with Crippen molar-refractivity contribution in [1.29, 1.82) is 0 Å². The SMILES string of the molecule is COCc1c(C(=O)OCC(=O)Nc2ccc(-c3ccccc3)cc2)oc2ccccc12. The average Bonchev–Trinajstić information content (AvgIpc) is 3.17. The lowest BCUT2D eigenvalue weighted by Crippen LogP contribution is -2.21. The van der Waals surface area contributed by atoms with Crippen molar-refractivity contribution in [3.8, 4) is 11.1 Å². The second kappa shape index (κ2) is 9.28. The summed E-state index contributed by atoms with van der Waals surface area (Å²) in [6.07, 6.45) is 0. The van der Waals surface area contributed by atoms with Gasteiger partial charge < -0.3 is 19.2 Å². The molecule has 1 amide bonds. The molecule has 4 aromatic rings. The van der Waals surface area contributed by atoms with Crippen molar-refractivity contribution in [1.82, 2.24) is 0 Å². The van der Waals surface area contributed by atoms with E-state index in [1.54, 1.807) is 18.2 Å². The van der Waals surface area contributed by atoms with Gasteiger partial charge in [0, 0.05) is 23.7 Å². The minimum absolute atomic E-state index is 0.0445. The number of anilines is 1. The van der Waals surface area contributed by atoms with Crippen LogP contribution in [0.25, 0.3) is 22.1 Å². The first-order valence-electron chi connectivity index (χ1n) is 9.77. The molecule has 0 fully saturated rings. The number of benzene rings is 3. The Morgan fingerprint density at radius 2 is 1.55 bits per heavy atom. The molecule has 1 heterocycles. The van der Waals surface area contributed by atoms with Crippen molar-refractivity contribution in [2.75, 3.05) is 19.0 Å². The molecule has 6 heteroatoms. The first kappa shape index (κ1) is 20.4. The monoisotopic (exact) mass is 415 g/mol. The Labute approximate surface area is 179 Å². The number of carbonyl (C=O) groups excluding carboxylic acids is 2. The maximum Gasteiger partial charge on any atom is 0.375 e. The zero-order chi connectivity index (χ0) is 21.6. The van der Waals surface area contributed by atoms with Crippen molar-refractivity contribution in [3.63, 3.8) is 0 Å². The highest BCUT2D eigenvalue weighted by Gasteiger charge is 2.22. The van der Waals surface area contributed by atoms with Crippen LogP contribution in [0.3, 0.4) is 0 Å². The molecule has 1 aromatic heterocycles. The van der Waals surface area contributed by atoms with E-state index in [9.17, 15) is 9.59 Å². The fourth-order valence-electron chi connectivity index (χ4n) is 3.32. The van der Waals surface area contributed by atoms with Crippen LogP contribution >= 0.6 is 0 Å². The smallest absolute Gasteiger partial charge is 0.375 e. The summed E-state index contributed by atoms with van der Waals surface area (Å²) in [7, 11) is 1.54. The molecule has 4 rings (SSSR count). The number of esters is 1. The van der Waals surface area contributed by atoms with Crippen LogP contribution in [-0.2, 0) is 20.9 Å². The van der Waals surface area contributed by atoms with Crippen molar-refractivity contribution in [3.05, 3.63) is 90.2 Å². The minimum atomic E-state index is -0.710. The van der Waals surface area contributed by atoms with Gasteiger partial charge in [-0.3, -0.25) is 4.79 Å². The number of furan rings is 1. The highest BCUT2D eigenvalue weighted by molar-refractivity contribution is 5.98. The highest BCUT2D eigenvalue weighted by atomic mass is 16.5. The lowest BCUT2D eigenvalue weighted by atomic mass is 10.1. The third-order valence-corrected chi connectivity index (χ3v) is 4.78. The van der Waals surface area contributed by atoms with E-state index >= 15 is 0 Å². The van der Waals surface area contributed by atoms with E-state index in [0.717, 1.165) is 16.5 Å². The zero-order valence-corrected chi connectivity index (χ0v) is 17.0. The van der Waals surface area contributed by atoms with E-state index in [1.165, 1.54) is 7.11 Å². The van der Waals surface area contributed by atoms with Gasteiger partial charge in [0.15, 0.2) is 6.61 Å². The lowest BCUT2D eigenvalue weighted by Gasteiger charge is -2.08. The molecule has 0 unspecified atom stereocenters. The fraction of sp³-hybridized carbons (Fsp3) is 0.120. The quantitative estimate of drug-likeness (QED) is 0.428. The maximum atomic E-state index is 12.5. The van der Waals surface area contributed by atoms with E-state index in [2.05, 4.69) is 5.32 Å². The number of rotatable bonds is 7. The Morgan fingerprint density at radius 3 is 2.29 bits per heavy atom. The molecule has 1 N–H and O–H groups in total. The molecule has 0 saturated carbocycles. The van der Waals surface area contributed by atoms with Gasteiger partial charge in [-0.2, -0.15) is 0 Å². The van der Waals surface area contributed by atoms with Gasteiger partial charge in [0.2, 0.25) is 5.76 Å². The summed E-state index contributed by atoms with van der Waals surface area (Å²) in [5, 5.41) is 3.50. The summed E-state index contributed by atoms with van der Waals surface area (Å²) in [6, 6.07) is 24.7. The summed E-state index contributed by atoms with van der Waals surface area (Å²) in [5.74, 6) is -1.11. The van der Waals surface area contributed by atoms with Crippen LogP contribution in [-0.4, -0.2) is 25.6 Å². The largest absolute Gasteiger partial charge is 0.450 e. The summed E-state index contributed by atoms with van der Waals surface area (Å²) < 4.78 is 16.0. The van der Waals surface area contributed by atoms with Gasteiger partial charge in [0.1, 0.15) is 5.58 Å². The zero-order valence-electron chi connectivity index (χ0n) is 17.0. The third-order valence-electron chi connectivity index (χ3n) is 4.78. The Kier molecular flexibility index (Phi) is 6.10. The molecule has 0 bridgehead atoms. The van der Waals surface area contributed by atoms with Crippen molar-refractivity contribution in [2.24, 2.45) is 0 Å². The molecular weight excluding hydrogens is 394 g/mol. The molecule has 0 radical (unpaired) electrons. The number of amides is 1. The van der Waals surface area contributed by atoms with Gasteiger partial charge in [0.25, 0.3) is 5.91 Å². The molecule has 3 aromatic carbocycles. The molecule has 0 aliphatic carbocycles. The number of para-hydroxylation sites is 1. The van der Waals surface area contributed by atoms with Crippen molar-refractivity contribution in [2.45, 2.75) is 6.61 Å². The second-order valence-corrected chi connectivity index (χ2v) is 6.91. The van der Waals surface area contributed by atoms with Crippen LogP contribution < -0.4 is 5.32 Å². The predicted molar refractivity (Wildman–Crippen MR) is 118 cm³/mol. The van der Waals surface area contributed by atoms with Crippen molar-refractivity contribution >= 4 is 28.5 Å². The summed E-state index contributed by atoms with van der Waals surface area (Å²) in [5.41, 5.74) is 3.90. The molecule has 0 saturated heterocycles.